The summed E-state index contributed by atoms with van der Waals surface area (Å²) in [7, 11) is -5.39. The third-order valence-corrected chi connectivity index (χ3v) is 0. The van der Waals surface area contributed by atoms with Gasteiger partial charge in [-0.25, -0.2) is 0 Å². The third kappa shape index (κ3) is 120. The van der Waals surface area contributed by atoms with Crippen LogP contribution < -0.4 is 14.7 Å². The molecule has 0 N–H and O–H groups in total. The number of hydrogen-bond acceptors (Lipinski definition) is 4. The minimum atomic E-state index is -5.39. The molecule has 0 aliphatic heterocycles. The first-order chi connectivity index (χ1) is 2.00. The van der Waals surface area contributed by atoms with Crippen LogP contribution in [0, 0.1) is 0 Å². The van der Waals surface area contributed by atoms with Crippen LogP contribution in [0.2, 0.25) is 0 Å². The van der Waals surface area contributed by atoms with Crippen LogP contribution in [-0.2, 0) is 24.4 Å². The zero-order valence-electron chi connectivity index (χ0n) is 2.43. The normalized spacial score (nSPS) is 9.83. The van der Waals surface area contributed by atoms with E-state index in [-0.39, 0.29) is 19.8 Å². The molecule has 0 aliphatic carbocycles. The molecule has 0 aromatic carbocycles. The van der Waals surface area contributed by atoms with Crippen molar-refractivity contribution in [3.05, 3.63) is 0 Å². The molecular weight excluding hydrogens is 285 g/mol. The molecule has 0 aromatic rings. The Bertz CT molecular complexity index is 53.7. The first-order valence-corrected chi connectivity index (χ1v) is 2.19. The van der Waals surface area contributed by atoms with Gasteiger partial charge in [-0.2, -0.15) is 7.82 Å². The number of hydrogen-bond donors (Lipinski definition) is 0. The maximum atomic E-state index is 8.55. The topological polar surface area (TPSA) is 86.2 Å². The zero-order chi connectivity index (χ0) is 4.50. The minimum absolute atomic E-state index is 0. The average molecular weight is 285 g/mol. The van der Waals surface area contributed by atoms with Crippen molar-refractivity contribution in [2.75, 3.05) is 0 Å². The fourth-order valence-electron chi connectivity index (χ4n) is 0. The van der Waals surface area contributed by atoms with Crippen molar-refractivity contribution in [3.8, 4) is 0 Å². The zero-order valence-corrected chi connectivity index (χ0v) is 5.87. The molecule has 40 valence electrons. The Morgan fingerprint density at radius 2 is 1.17 bits per heavy atom. The molecule has 0 heterocycles. The van der Waals surface area contributed by atoms with E-state index >= 15 is 0 Å². The van der Waals surface area contributed by atoms with Gasteiger partial charge in [0.2, 0.25) is 0 Å². The van der Waals surface area contributed by atoms with Crippen molar-refractivity contribution in [1.29, 1.82) is 0 Å². The van der Waals surface area contributed by atoms with E-state index in [9.17, 15) is 0 Å². The summed E-state index contributed by atoms with van der Waals surface area (Å²) in [6.45, 7) is 0. The van der Waals surface area contributed by atoms with Gasteiger partial charge >= 0.3 is 0 Å². The largest absolute Gasteiger partial charge is 0.822 e. The number of rotatable bonds is 0. The number of phosphoric acid groups is 1. The Kier molecular flexibility index (Phi) is 4.69. The molecule has 0 radical (unpaired) electrons. The van der Waals surface area contributed by atoms with Crippen molar-refractivity contribution in [3.63, 3.8) is 0 Å². The van der Waals surface area contributed by atoms with Crippen LogP contribution in [0.1, 0.15) is 0 Å². The van der Waals surface area contributed by atoms with Gasteiger partial charge in [0.1, 0.15) is 0 Å². The summed E-state index contributed by atoms with van der Waals surface area (Å²) in [5.41, 5.74) is 0. The van der Waals surface area contributed by atoms with Crippen LogP contribution >= 0.6 is 7.82 Å². The molecule has 6 heteroatoms. The summed E-state index contributed by atoms with van der Waals surface area (Å²) in [6.07, 6.45) is 0. The van der Waals surface area contributed by atoms with Gasteiger partial charge in [-0.1, -0.05) is 0 Å². The van der Waals surface area contributed by atoms with E-state index in [1.165, 1.54) is 0 Å². The molecule has 0 saturated carbocycles. The van der Waals surface area contributed by atoms with E-state index in [1.807, 2.05) is 0 Å². The van der Waals surface area contributed by atoms with E-state index in [0.717, 1.165) is 0 Å². The molecule has 0 aromatic heterocycles. The van der Waals surface area contributed by atoms with Gasteiger partial charge in [-0.3, -0.25) is 0 Å². The molecule has 0 rings (SSSR count). The van der Waals surface area contributed by atoms with Crippen molar-refractivity contribution in [2.24, 2.45) is 0 Å². The van der Waals surface area contributed by atoms with Gasteiger partial charge in [0.25, 0.3) is 0 Å². The van der Waals surface area contributed by atoms with Crippen LogP contribution in [0.15, 0.2) is 0 Å². The predicted molar refractivity (Wildman–Crippen MR) is 7.61 cm³/mol. The quantitative estimate of drug-likeness (QED) is 0.449. The SMILES string of the molecule is O=P([O-])([O-])[O-].[Os]. The molecule has 0 amide bonds. The third-order valence-electron chi connectivity index (χ3n) is 0. The Morgan fingerprint density at radius 3 is 1.17 bits per heavy atom. The first kappa shape index (κ1) is 9.89. The molecule has 0 aliphatic rings. The summed E-state index contributed by atoms with van der Waals surface area (Å²) in [4.78, 5) is 25.6. The standard InChI is InChI=1S/H3O4P.Os/c1-5(2,3)4;/h(H3,1,2,3,4);/p-3. The smallest absolute Gasteiger partial charge is 0 e. The Labute approximate surface area is 47.5 Å². The van der Waals surface area contributed by atoms with E-state index in [2.05, 4.69) is 0 Å². The fourth-order valence-corrected chi connectivity index (χ4v) is 0. The van der Waals surface area contributed by atoms with Crippen molar-refractivity contribution in [1.82, 2.24) is 0 Å². The molecule has 0 unspecified atom stereocenters. The van der Waals surface area contributed by atoms with Crippen molar-refractivity contribution < 1.29 is 39.0 Å². The van der Waals surface area contributed by atoms with Crippen molar-refractivity contribution in [2.45, 2.75) is 0 Å². The van der Waals surface area contributed by atoms with Crippen LogP contribution in [0.25, 0.3) is 0 Å². The molecule has 0 fully saturated rings. The molecule has 6 heavy (non-hydrogen) atoms. The second-order valence-corrected chi connectivity index (χ2v) is 1.34. The molecule has 0 atom stereocenters. The van der Waals surface area contributed by atoms with Gasteiger partial charge in [-0.15, -0.1) is 0 Å². The van der Waals surface area contributed by atoms with Crippen LogP contribution in [-0.4, -0.2) is 0 Å². The summed E-state index contributed by atoms with van der Waals surface area (Å²) in [5.74, 6) is 0. The summed E-state index contributed by atoms with van der Waals surface area (Å²) >= 11 is 0. The molecule has 0 spiro atoms. The minimum Gasteiger partial charge on any atom is -0.822 e. The fraction of sp³-hybridized carbons (Fsp3) is 0. The summed E-state index contributed by atoms with van der Waals surface area (Å²) in [6, 6.07) is 0. The second kappa shape index (κ2) is 2.84. The van der Waals surface area contributed by atoms with Crippen LogP contribution in [0.3, 0.4) is 0 Å². The van der Waals surface area contributed by atoms with E-state index in [0.29, 0.717) is 0 Å². The van der Waals surface area contributed by atoms with Gasteiger partial charge < -0.3 is 19.2 Å². The van der Waals surface area contributed by atoms with Crippen LogP contribution in [0.4, 0.5) is 0 Å². The van der Waals surface area contributed by atoms with Gasteiger partial charge in [-0.05, 0) is 0 Å². The molecule has 4 nitrogen and oxygen atoms in total. The maximum absolute atomic E-state index is 8.55. The average Bonchev–Trinajstić information content (AvgIpc) is 0.722. The first-order valence-electron chi connectivity index (χ1n) is 0.730. The van der Waals surface area contributed by atoms with Gasteiger partial charge in [0, 0.05) is 19.8 Å². The van der Waals surface area contributed by atoms with Gasteiger partial charge in [0.15, 0.2) is 0 Å². The molecule has 0 bridgehead atoms. The summed E-state index contributed by atoms with van der Waals surface area (Å²) in [5, 5.41) is 0. The van der Waals surface area contributed by atoms with E-state index in [1.54, 1.807) is 0 Å². The Morgan fingerprint density at radius 1 is 1.17 bits per heavy atom. The predicted octanol–water partition coefficient (Wildman–Crippen LogP) is -2.83. The van der Waals surface area contributed by atoms with E-state index < -0.39 is 7.82 Å². The van der Waals surface area contributed by atoms with E-state index in [4.69, 9.17) is 19.2 Å². The monoisotopic (exact) mass is 287 g/mol. The van der Waals surface area contributed by atoms with Crippen LogP contribution in [0.5, 0.6) is 0 Å². The molecule has 0 saturated heterocycles. The van der Waals surface area contributed by atoms with Gasteiger partial charge in [0.05, 0.1) is 0 Å². The second-order valence-electron chi connectivity index (χ2n) is 0.447. The van der Waals surface area contributed by atoms with Crippen molar-refractivity contribution >= 4 is 7.82 Å². The Hall–Kier alpha value is 0.746. The molecular formula is O4OsP-3. The Balaban J connectivity index is 0. The summed E-state index contributed by atoms with van der Waals surface area (Å²) < 4.78 is 8.55. The maximum Gasteiger partial charge on any atom is 0 e.